The molecule has 1 saturated carbocycles. The van der Waals surface area contributed by atoms with Gasteiger partial charge in [0.05, 0.1) is 29.6 Å². The summed E-state index contributed by atoms with van der Waals surface area (Å²) in [5.74, 6) is 0.407. The van der Waals surface area contributed by atoms with Gasteiger partial charge in [0.1, 0.15) is 24.2 Å². The molecule has 324 valence electrons. The number of carbonyl (C=O) groups is 4. The number of nitrogens with one attached hydrogen (secondary N) is 2. The number of nitriles is 1. The molecule has 3 heterocycles. The van der Waals surface area contributed by atoms with Crippen LogP contribution in [-0.2, 0) is 49.5 Å². The molecule has 2 aliphatic heterocycles. The van der Waals surface area contributed by atoms with Gasteiger partial charge in [-0.05, 0) is 90.9 Å². The number of fused-ring (bicyclic) bond motifs is 1. The van der Waals surface area contributed by atoms with Gasteiger partial charge >= 0.3 is 6.09 Å². The first kappa shape index (κ1) is 44.2. The Morgan fingerprint density at radius 1 is 0.984 bits per heavy atom. The number of benzene rings is 3. The van der Waals surface area contributed by atoms with Gasteiger partial charge in [-0.3, -0.25) is 29.3 Å². The van der Waals surface area contributed by atoms with E-state index >= 15 is 0 Å². The maximum atomic E-state index is 13.2. The molecule has 3 aromatic carbocycles. The second kappa shape index (κ2) is 18.6. The van der Waals surface area contributed by atoms with Gasteiger partial charge in [-0.1, -0.05) is 37.6 Å². The summed E-state index contributed by atoms with van der Waals surface area (Å²) in [7, 11) is -3.52. The zero-order valence-corrected chi connectivity index (χ0v) is 36.4. The Morgan fingerprint density at radius 3 is 2.47 bits per heavy atom. The molecule has 2 fully saturated rings. The van der Waals surface area contributed by atoms with Crippen LogP contribution in [0, 0.1) is 11.3 Å². The lowest BCUT2D eigenvalue weighted by atomic mass is 9.77. The van der Waals surface area contributed by atoms with Crippen molar-refractivity contribution < 1.29 is 37.1 Å². The lowest BCUT2D eigenvalue weighted by Crippen LogP contribution is -2.42. The van der Waals surface area contributed by atoms with E-state index in [-0.39, 0.29) is 55.5 Å². The molecule has 4 aromatic rings. The van der Waals surface area contributed by atoms with E-state index in [1.165, 1.54) is 6.20 Å². The van der Waals surface area contributed by atoms with E-state index in [1.54, 1.807) is 29.2 Å². The lowest BCUT2D eigenvalue weighted by Gasteiger charge is -2.32. The summed E-state index contributed by atoms with van der Waals surface area (Å²) in [6.45, 7) is 6.15. The number of likely N-dealkylation sites (tertiary alicyclic amines) is 1. The van der Waals surface area contributed by atoms with Gasteiger partial charge < -0.3 is 14.4 Å². The molecule has 1 aliphatic carbocycles. The molecule has 0 bridgehead atoms. The maximum absolute atomic E-state index is 13.2. The van der Waals surface area contributed by atoms with Crippen LogP contribution in [0.4, 0.5) is 16.4 Å². The highest BCUT2D eigenvalue weighted by Gasteiger charge is 2.37. The Bertz CT molecular complexity index is 2540. The van der Waals surface area contributed by atoms with Crippen molar-refractivity contribution in [1.82, 2.24) is 19.8 Å². The van der Waals surface area contributed by atoms with E-state index in [1.807, 2.05) is 36.4 Å². The number of ether oxygens (including phenoxy) is 2. The van der Waals surface area contributed by atoms with Crippen molar-refractivity contribution in [3.63, 3.8) is 0 Å². The Morgan fingerprint density at radius 2 is 1.74 bits per heavy atom. The molecule has 1 saturated heterocycles. The zero-order chi connectivity index (χ0) is 44.2. The smallest absolute Gasteiger partial charge is 0.411 e. The summed E-state index contributed by atoms with van der Waals surface area (Å²) in [6, 6.07) is 19.7. The number of carbonyl (C=O) groups excluding carboxylic acids is 4. The Labute approximate surface area is 365 Å². The van der Waals surface area contributed by atoms with Crippen molar-refractivity contribution in [3.8, 4) is 11.8 Å². The third-order valence-electron chi connectivity index (χ3n) is 11.7. The summed E-state index contributed by atoms with van der Waals surface area (Å²) in [5.41, 5.74) is 4.71. The van der Waals surface area contributed by atoms with Gasteiger partial charge in [0.15, 0.2) is 5.78 Å². The van der Waals surface area contributed by atoms with Crippen LogP contribution < -0.4 is 14.8 Å². The zero-order valence-electron chi connectivity index (χ0n) is 34.8. The number of sulfonamides is 1. The first-order chi connectivity index (χ1) is 29.6. The Hall–Kier alpha value is -5.89. The highest BCUT2D eigenvalue weighted by Crippen LogP contribution is 2.37. The van der Waals surface area contributed by atoms with Gasteiger partial charge in [-0.2, -0.15) is 5.26 Å². The number of amides is 2. The average Bonchev–Trinajstić information content (AvgIpc) is 3.54. The minimum atomic E-state index is -3.52. The fraction of sp³-hybridized carbons (Fsp3) is 0.400. The van der Waals surface area contributed by atoms with Crippen molar-refractivity contribution in [2.24, 2.45) is 0 Å². The van der Waals surface area contributed by atoms with Crippen molar-refractivity contribution in [3.05, 3.63) is 111 Å². The number of Topliss-reactive ketones (excluding diaryl/α,β-unsaturated/α-hetero) is 2. The predicted molar refractivity (Wildman–Crippen MR) is 231 cm³/mol. The topological polar surface area (TPSA) is 201 Å². The molecule has 7 rings (SSSR count). The van der Waals surface area contributed by atoms with Gasteiger partial charge in [0.2, 0.25) is 16.0 Å². The molecule has 0 radical (unpaired) electrons. The lowest BCUT2D eigenvalue weighted by molar-refractivity contribution is -0.126. The average molecular weight is 882 g/mol. The molecule has 3 aliphatic rings. The summed E-state index contributed by atoms with van der Waals surface area (Å²) in [5, 5.41) is 13.5. The third kappa shape index (κ3) is 10.6. The Balaban J connectivity index is 0.904. The quantitative estimate of drug-likeness (QED) is 0.149. The van der Waals surface area contributed by atoms with Gasteiger partial charge in [-0.15, -0.1) is 0 Å². The summed E-state index contributed by atoms with van der Waals surface area (Å²) < 4.78 is 37.0. The SMILES string of the molecule is CC(C)(c1ccc(OCc2ccnc(NS(C)(=O)=O)n2)cc1)c1cc(Cl)c(CN2CCC(OC(=O)Nc3ccc4c(c3)CN(C3CCC(=O)CCCC3=O)C4=O)CC2)c(C#N)c1. The van der Waals surface area contributed by atoms with Crippen molar-refractivity contribution >= 4 is 56.8 Å². The molecule has 0 spiro atoms. The van der Waals surface area contributed by atoms with Crippen LogP contribution in [0.2, 0.25) is 5.02 Å². The molecular weight excluding hydrogens is 834 g/mol. The number of hydrogen-bond acceptors (Lipinski definition) is 12. The van der Waals surface area contributed by atoms with Gasteiger partial charge in [-0.25, -0.2) is 23.2 Å². The van der Waals surface area contributed by atoms with Crippen LogP contribution in [-0.4, -0.2) is 83.2 Å². The highest BCUT2D eigenvalue weighted by molar-refractivity contribution is 7.92. The normalized spacial score (nSPS) is 17.8. The summed E-state index contributed by atoms with van der Waals surface area (Å²) in [6.07, 6.45) is 4.52. The van der Waals surface area contributed by atoms with Crippen molar-refractivity contribution in [1.29, 1.82) is 5.26 Å². The fourth-order valence-corrected chi connectivity index (χ4v) is 8.87. The predicted octanol–water partition coefficient (Wildman–Crippen LogP) is 6.92. The molecule has 17 heteroatoms. The highest BCUT2D eigenvalue weighted by atomic mass is 35.5. The number of ketones is 2. The molecule has 1 unspecified atom stereocenters. The van der Waals surface area contributed by atoms with E-state index in [2.05, 4.69) is 44.8 Å². The van der Waals surface area contributed by atoms with Crippen LogP contribution >= 0.6 is 11.6 Å². The van der Waals surface area contributed by atoms with E-state index in [0.717, 1.165) is 22.9 Å². The minimum Gasteiger partial charge on any atom is -0.487 e. The van der Waals surface area contributed by atoms with Crippen LogP contribution in [0.15, 0.2) is 66.9 Å². The van der Waals surface area contributed by atoms with Crippen molar-refractivity contribution in [2.45, 2.75) is 96.1 Å². The number of hydrogen-bond donors (Lipinski definition) is 2. The van der Waals surface area contributed by atoms with E-state index in [9.17, 15) is 32.9 Å². The number of rotatable bonds is 12. The number of anilines is 2. The summed E-state index contributed by atoms with van der Waals surface area (Å²) in [4.78, 5) is 63.0. The Kier molecular flexibility index (Phi) is 13.3. The number of aromatic nitrogens is 2. The minimum absolute atomic E-state index is 0.0207. The number of nitrogens with zero attached hydrogens (tertiary/aromatic N) is 5. The van der Waals surface area contributed by atoms with Crippen LogP contribution in [0.1, 0.15) is 103 Å². The molecular formula is C45H48ClN7O8S. The standard InChI is InChI=1S/C45H48ClN7O8S/c1-45(2,30-7-11-35(12-8-30)60-27-33-15-18-48-43(49-33)51-62(3,58)59)31-21-28(24-47)38(39(46)23-31)26-52-19-16-36(17-20-52)61-44(57)50-32-9-13-37-29(22-32)25-53(42(37)56)40-14-10-34(54)5-4-6-41(40)55/h7-9,11-13,15,18,21-23,36,40H,4-6,10,14,16-17,19-20,25-27H2,1-3H3,(H,50,57)(H,48,49,51). The summed E-state index contributed by atoms with van der Waals surface area (Å²) >= 11 is 6.91. The maximum Gasteiger partial charge on any atom is 0.411 e. The molecule has 62 heavy (non-hydrogen) atoms. The molecule has 1 atom stereocenters. The van der Waals surface area contributed by atoms with Gasteiger partial charge in [0.25, 0.3) is 5.91 Å². The third-order valence-corrected chi connectivity index (χ3v) is 12.6. The van der Waals surface area contributed by atoms with E-state index in [4.69, 9.17) is 21.1 Å². The number of piperidine rings is 1. The largest absolute Gasteiger partial charge is 0.487 e. The first-order valence-corrected chi connectivity index (χ1v) is 22.8. The van der Waals surface area contributed by atoms with Crippen molar-refractivity contribution in [2.75, 3.05) is 29.4 Å². The second-order valence-corrected chi connectivity index (χ2v) is 18.7. The van der Waals surface area contributed by atoms with Crippen LogP contribution in [0.5, 0.6) is 5.75 Å². The number of halogens is 1. The van der Waals surface area contributed by atoms with E-state index < -0.39 is 27.6 Å². The molecule has 1 aromatic heterocycles. The molecule has 15 nitrogen and oxygen atoms in total. The monoisotopic (exact) mass is 881 g/mol. The van der Waals surface area contributed by atoms with Crippen LogP contribution in [0.3, 0.4) is 0 Å². The van der Waals surface area contributed by atoms with Crippen LogP contribution in [0.25, 0.3) is 0 Å². The van der Waals surface area contributed by atoms with E-state index in [0.29, 0.717) is 90.6 Å². The molecule has 2 amide bonds. The first-order valence-electron chi connectivity index (χ1n) is 20.5. The second-order valence-electron chi connectivity index (χ2n) is 16.5. The van der Waals surface area contributed by atoms with Gasteiger partial charge in [0, 0.05) is 78.9 Å². The molecule has 2 N–H and O–H groups in total. The fourth-order valence-electron chi connectivity index (χ4n) is 8.16.